The smallest absolute Gasteiger partial charge is 0.257 e. The van der Waals surface area contributed by atoms with E-state index in [0.717, 1.165) is 5.75 Å². The fraction of sp³-hybridized carbons (Fsp3) is 0.200. The molecular formula is C10H11N3O2. The van der Waals surface area contributed by atoms with Gasteiger partial charge in [0, 0.05) is 6.07 Å². The van der Waals surface area contributed by atoms with Crippen molar-refractivity contribution in [3.8, 4) is 11.6 Å². The number of rotatable bonds is 2. The summed E-state index contributed by atoms with van der Waals surface area (Å²) < 4.78 is 10.1. The van der Waals surface area contributed by atoms with E-state index in [1.165, 1.54) is 7.11 Å². The number of fused-ring (bicyclic) bond motifs is 1. The van der Waals surface area contributed by atoms with Gasteiger partial charge in [0.05, 0.1) is 25.3 Å². The van der Waals surface area contributed by atoms with Gasteiger partial charge in [0.2, 0.25) is 0 Å². The van der Waals surface area contributed by atoms with Gasteiger partial charge < -0.3 is 15.2 Å². The molecule has 0 radical (unpaired) electrons. The highest BCUT2D eigenvalue weighted by atomic mass is 16.5. The molecule has 2 aromatic rings. The molecule has 0 fully saturated rings. The van der Waals surface area contributed by atoms with Crippen LogP contribution in [0.2, 0.25) is 0 Å². The number of anilines is 1. The summed E-state index contributed by atoms with van der Waals surface area (Å²) in [6.07, 6.45) is 0. The van der Waals surface area contributed by atoms with Crippen LogP contribution in [0.3, 0.4) is 0 Å². The molecule has 1 aromatic heterocycles. The molecule has 0 saturated heterocycles. The summed E-state index contributed by atoms with van der Waals surface area (Å²) >= 11 is 0. The van der Waals surface area contributed by atoms with E-state index in [0.29, 0.717) is 16.9 Å². The predicted octanol–water partition coefficient (Wildman–Crippen LogP) is 1.23. The van der Waals surface area contributed by atoms with Crippen molar-refractivity contribution in [3.05, 3.63) is 18.2 Å². The maximum Gasteiger partial charge on any atom is 0.257 e. The second kappa shape index (κ2) is 3.61. The number of nitrogens with two attached hydrogens (primary N) is 1. The molecule has 0 saturated carbocycles. The number of benzene rings is 1. The van der Waals surface area contributed by atoms with Crippen LogP contribution in [0.5, 0.6) is 11.6 Å². The van der Waals surface area contributed by atoms with Crippen molar-refractivity contribution in [2.75, 3.05) is 20.0 Å². The fourth-order valence-corrected chi connectivity index (χ4v) is 1.31. The third-order valence-electron chi connectivity index (χ3n) is 2.06. The van der Waals surface area contributed by atoms with Crippen molar-refractivity contribution in [2.24, 2.45) is 0 Å². The van der Waals surface area contributed by atoms with Crippen molar-refractivity contribution in [2.45, 2.75) is 0 Å². The summed E-state index contributed by atoms with van der Waals surface area (Å²) in [7, 11) is 3.11. The lowest BCUT2D eigenvalue weighted by Gasteiger charge is -2.05. The Morgan fingerprint density at radius 1 is 1.07 bits per heavy atom. The Balaban J connectivity index is 2.66. The number of hydrogen-bond donors (Lipinski definition) is 1. The lowest BCUT2D eigenvalue weighted by atomic mass is 10.3. The van der Waals surface area contributed by atoms with Crippen LogP contribution in [0.15, 0.2) is 18.2 Å². The standard InChI is InChI=1S/C10H11N3O2/c1-14-6-3-4-7-8(5-6)13-10(15-2)9(11)12-7/h3-5H,1-2H3,(H2,11,12). The largest absolute Gasteiger partial charge is 0.497 e. The van der Waals surface area contributed by atoms with E-state index in [9.17, 15) is 0 Å². The highest BCUT2D eigenvalue weighted by molar-refractivity contribution is 5.78. The van der Waals surface area contributed by atoms with Crippen LogP contribution >= 0.6 is 0 Å². The van der Waals surface area contributed by atoms with E-state index < -0.39 is 0 Å². The molecule has 0 aliphatic carbocycles. The minimum absolute atomic E-state index is 0.287. The number of aromatic nitrogens is 2. The van der Waals surface area contributed by atoms with Gasteiger partial charge in [-0.05, 0) is 12.1 Å². The Bertz CT molecular complexity index is 499. The normalized spacial score (nSPS) is 10.3. The molecule has 0 atom stereocenters. The van der Waals surface area contributed by atoms with Crippen molar-refractivity contribution in [1.82, 2.24) is 9.97 Å². The zero-order valence-electron chi connectivity index (χ0n) is 8.52. The first kappa shape index (κ1) is 9.51. The van der Waals surface area contributed by atoms with Crippen molar-refractivity contribution < 1.29 is 9.47 Å². The highest BCUT2D eigenvalue weighted by Gasteiger charge is 2.06. The molecule has 1 aromatic carbocycles. The van der Waals surface area contributed by atoms with Crippen LogP contribution in [-0.4, -0.2) is 24.2 Å². The average molecular weight is 205 g/mol. The number of nitrogens with zero attached hydrogens (tertiary/aromatic N) is 2. The average Bonchev–Trinajstić information content (AvgIpc) is 2.27. The van der Waals surface area contributed by atoms with Gasteiger partial charge in [-0.25, -0.2) is 9.97 Å². The minimum atomic E-state index is 0.287. The Morgan fingerprint density at radius 2 is 1.87 bits per heavy atom. The Labute approximate surface area is 86.8 Å². The third kappa shape index (κ3) is 1.63. The molecule has 1 heterocycles. The second-order valence-corrected chi connectivity index (χ2v) is 2.97. The summed E-state index contributed by atoms with van der Waals surface area (Å²) in [6, 6.07) is 5.39. The van der Waals surface area contributed by atoms with Crippen LogP contribution in [0.4, 0.5) is 5.82 Å². The molecule has 0 bridgehead atoms. The van der Waals surface area contributed by atoms with Crippen LogP contribution in [0, 0.1) is 0 Å². The Morgan fingerprint density at radius 3 is 2.53 bits per heavy atom. The molecule has 15 heavy (non-hydrogen) atoms. The first-order valence-electron chi connectivity index (χ1n) is 4.40. The van der Waals surface area contributed by atoms with Crippen LogP contribution in [0.25, 0.3) is 11.0 Å². The summed E-state index contributed by atoms with van der Waals surface area (Å²) in [5.41, 5.74) is 7.05. The fourth-order valence-electron chi connectivity index (χ4n) is 1.31. The summed E-state index contributed by atoms with van der Waals surface area (Å²) in [4.78, 5) is 8.37. The van der Waals surface area contributed by atoms with E-state index in [-0.39, 0.29) is 5.82 Å². The van der Waals surface area contributed by atoms with E-state index in [1.54, 1.807) is 19.2 Å². The zero-order valence-corrected chi connectivity index (χ0v) is 8.52. The number of ether oxygens (including phenoxy) is 2. The maximum atomic E-state index is 5.64. The summed E-state index contributed by atoms with van der Waals surface area (Å²) in [5.74, 6) is 1.34. The van der Waals surface area contributed by atoms with Crippen molar-refractivity contribution in [1.29, 1.82) is 0 Å². The lowest BCUT2D eigenvalue weighted by molar-refractivity contribution is 0.400. The lowest BCUT2D eigenvalue weighted by Crippen LogP contribution is -1.99. The second-order valence-electron chi connectivity index (χ2n) is 2.97. The van der Waals surface area contributed by atoms with Gasteiger partial charge >= 0.3 is 0 Å². The van der Waals surface area contributed by atoms with Gasteiger partial charge in [-0.2, -0.15) is 0 Å². The molecule has 2 rings (SSSR count). The SMILES string of the molecule is COc1ccc2nc(N)c(OC)nc2c1. The van der Waals surface area contributed by atoms with Gasteiger partial charge in [0.25, 0.3) is 5.88 Å². The predicted molar refractivity (Wildman–Crippen MR) is 57.1 cm³/mol. The molecule has 0 spiro atoms. The van der Waals surface area contributed by atoms with Gasteiger partial charge in [0.15, 0.2) is 5.82 Å². The Hall–Kier alpha value is -2.04. The van der Waals surface area contributed by atoms with Crippen molar-refractivity contribution >= 4 is 16.9 Å². The quantitative estimate of drug-likeness (QED) is 0.798. The third-order valence-corrected chi connectivity index (χ3v) is 2.06. The molecule has 5 heteroatoms. The summed E-state index contributed by atoms with van der Waals surface area (Å²) in [6.45, 7) is 0. The van der Waals surface area contributed by atoms with E-state index in [4.69, 9.17) is 15.2 Å². The maximum absolute atomic E-state index is 5.64. The molecular weight excluding hydrogens is 194 g/mol. The van der Waals surface area contributed by atoms with E-state index in [2.05, 4.69) is 9.97 Å². The van der Waals surface area contributed by atoms with Gasteiger partial charge in [-0.3, -0.25) is 0 Å². The minimum Gasteiger partial charge on any atom is -0.497 e. The zero-order chi connectivity index (χ0) is 10.8. The molecule has 78 valence electrons. The molecule has 2 N–H and O–H groups in total. The number of nitrogen functional groups attached to an aromatic ring is 1. The molecule has 0 aliphatic heterocycles. The van der Waals surface area contributed by atoms with Crippen LogP contribution < -0.4 is 15.2 Å². The highest BCUT2D eigenvalue weighted by Crippen LogP contribution is 2.23. The first-order valence-corrected chi connectivity index (χ1v) is 4.40. The number of hydrogen-bond acceptors (Lipinski definition) is 5. The van der Waals surface area contributed by atoms with Crippen LogP contribution in [0.1, 0.15) is 0 Å². The van der Waals surface area contributed by atoms with E-state index >= 15 is 0 Å². The van der Waals surface area contributed by atoms with Crippen LogP contribution in [-0.2, 0) is 0 Å². The Kier molecular flexibility index (Phi) is 2.29. The topological polar surface area (TPSA) is 70.3 Å². The molecule has 5 nitrogen and oxygen atoms in total. The first-order chi connectivity index (χ1) is 7.24. The van der Waals surface area contributed by atoms with Crippen molar-refractivity contribution in [3.63, 3.8) is 0 Å². The molecule has 0 amide bonds. The van der Waals surface area contributed by atoms with Gasteiger partial charge in [0.1, 0.15) is 5.75 Å². The van der Waals surface area contributed by atoms with E-state index in [1.807, 2.05) is 6.07 Å². The monoisotopic (exact) mass is 205 g/mol. The van der Waals surface area contributed by atoms with Gasteiger partial charge in [-0.1, -0.05) is 0 Å². The molecule has 0 aliphatic rings. The summed E-state index contributed by atoms with van der Waals surface area (Å²) in [5, 5.41) is 0. The van der Waals surface area contributed by atoms with Gasteiger partial charge in [-0.15, -0.1) is 0 Å². The molecule has 0 unspecified atom stereocenters. The number of methoxy groups -OCH3 is 2.